The molecule has 0 radical (unpaired) electrons. The van der Waals surface area contributed by atoms with E-state index in [9.17, 15) is 0 Å². The van der Waals surface area contributed by atoms with Gasteiger partial charge in [0.1, 0.15) is 19.2 Å². The zero-order valence-electron chi connectivity index (χ0n) is 10.9. The number of aromatic nitrogens is 4. The Balaban J connectivity index is 2.60. The molecule has 2 heterocycles. The van der Waals surface area contributed by atoms with Gasteiger partial charge >= 0.3 is 0 Å². The first kappa shape index (κ1) is 11.9. The molecule has 6 heteroatoms. The van der Waals surface area contributed by atoms with Crippen molar-refractivity contribution in [1.82, 2.24) is 19.5 Å². The summed E-state index contributed by atoms with van der Waals surface area (Å²) in [5.41, 5.74) is 7.48. The highest BCUT2D eigenvalue weighted by atomic mass is 15.2. The van der Waals surface area contributed by atoms with E-state index in [0.717, 1.165) is 29.9 Å². The number of fused-ring (bicyclic) bond motifs is 1. The smallest absolute Gasteiger partial charge is 0.222 e. The maximum Gasteiger partial charge on any atom is 0.222 e. The topological polar surface area (TPSA) is 69.6 Å². The van der Waals surface area contributed by atoms with Crippen LogP contribution >= 0.6 is 0 Å². The predicted octanol–water partition coefficient (Wildman–Crippen LogP) is 0.588. The summed E-state index contributed by atoms with van der Waals surface area (Å²) in [4.78, 5) is 12.8. The molecule has 0 fully saturated rings. The first-order valence-corrected chi connectivity index (χ1v) is 5.88. The Hall–Kier alpha value is -1.59. The van der Waals surface area contributed by atoms with Crippen molar-refractivity contribution in [2.24, 2.45) is 5.41 Å². The second-order valence-corrected chi connectivity index (χ2v) is 5.47. The van der Waals surface area contributed by atoms with Crippen molar-refractivity contribution in [1.29, 1.82) is 0 Å². The second-order valence-electron chi connectivity index (χ2n) is 5.47. The highest BCUT2D eigenvalue weighted by molar-refractivity contribution is 6.08. The van der Waals surface area contributed by atoms with Gasteiger partial charge in [-0.25, -0.2) is 9.97 Å². The van der Waals surface area contributed by atoms with E-state index in [1.165, 1.54) is 0 Å². The van der Waals surface area contributed by atoms with Crippen LogP contribution in [-0.2, 0) is 12.9 Å². The van der Waals surface area contributed by atoms with Crippen molar-refractivity contribution in [3.63, 3.8) is 0 Å². The number of anilines is 1. The van der Waals surface area contributed by atoms with E-state index < -0.39 is 0 Å². The van der Waals surface area contributed by atoms with Crippen LogP contribution in [-0.4, -0.2) is 27.4 Å². The quantitative estimate of drug-likeness (QED) is 0.768. The van der Waals surface area contributed by atoms with Gasteiger partial charge in [-0.2, -0.15) is 4.98 Å². The molecule has 0 spiro atoms. The second kappa shape index (κ2) is 4.02. The summed E-state index contributed by atoms with van der Waals surface area (Å²) in [6, 6.07) is 0. The zero-order valence-corrected chi connectivity index (χ0v) is 10.9. The molecule has 0 aromatic carbocycles. The molecule has 0 aliphatic carbocycles. The Morgan fingerprint density at radius 3 is 2.65 bits per heavy atom. The van der Waals surface area contributed by atoms with Crippen LogP contribution in [0.1, 0.15) is 26.6 Å². The summed E-state index contributed by atoms with van der Waals surface area (Å²) >= 11 is 0. The summed E-state index contributed by atoms with van der Waals surface area (Å²) in [5, 5.41) is 0. The monoisotopic (exact) mass is 231 g/mol. The minimum atomic E-state index is 0.178. The van der Waals surface area contributed by atoms with Crippen molar-refractivity contribution < 1.29 is 0 Å². The van der Waals surface area contributed by atoms with Crippen LogP contribution in [0.15, 0.2) is 6.20 Å². The number of imidazole rings is 1. The molecule has 2 N–H and O–H groups in total. The molecule has 17 heavy (non-hydrogen) atoms. The average Bonchev–Trinajstić information content (AvgIpc) is 2.54. The van der Waals surface area contributed by atoms with Crippen LogP contribution in [0.5, 0.6) is 0 Å². The molecule has 5 nitrogen and oxygen atoms in total. The van der Waals surface area contributed by atoms with E-state index in [1.54, 1.807) is 6.20 Å². The standard InChI is InChI=1S/C11H18BN5/c1-11(2,3)6-17-8(4-12)15-7-5-14-10(13)16-9(7)17/h5H,4,6,12H2,1-3H3,(H2,13,14,16). The van der Waals surface area contributed by atoms with Crippen molar-refractivity contribution in [2.75, 3.05) is 5.73 Å². The van der Waals surface area contributed by atoms with Crippen molar-refractivity contribution in [2.45, 2.75) is 33.6 Å². The first-order chi connectivity index (χ1) is 7.90. The third-order valence-electron chi connectivity index (χ3n) is 2.53. The van der Waals surface area contributed by atoms with Crippen LogP contribution < -0.4 is 5.73 Å². The number of rotatable bonds is 2. The fraction of sp³-hybridized carbons (Fsp3) is 0.545. The summed E-state index contributed by atoms with van der Waals surface area (Å²) < 4.78 is 2.15. The van der Waals surface area contributed by atoms with Gasteiger partial charge in [-0.15, -0.1) is 0 Å². The van der Waals surface area contributed by atoms with Crippen LogP contribution in [0.4, 0.5) is 5.95 Å². The molecule has 2 rings (SSSR count). The van der Waals surface area contributed by atoms with Gasteiger partial charge in [0, 0.05) is 6.54 Å². The van der Waals surface area contributed by atoms with Crippen molar-refractivity contribution >= 4 is 25.0 Å². The van der Waals surface area contributed by atoms with Gasteiger partial charge in [-0.3, -0.25) is 0 Å². The van der Waals surface area contributed by atoms with Gasteiger partial charge in [-0.05, 0) is 11.7 Å². The van der Waals surface area contributed by atoms with E-state index in [2.05, 4.69) is 48.1 Å². The lowest BCUT2D eigenvalue weighted by atomic mass is 9.96. The molecule has 90 valence electrons. The van der Waals surface area contributed by atoms with E-state index in [0.29, 0.717) is 5.95 Å². The molecule has 0 atom stereocenters. The van der Waals surface area contributed by atoms with Gasteiger partial charge < -0.3 is 10.3 Å². The molecule has 0 aliphatic heterocycles. The Bertz CT molecular complexity index is 541. The summed E-state index contributed by atoms with van der Waals surface area (Å²) in [7, 11) is 2.09. The highest BCUT2D eigenvalue weighted by Gasteiger charge is 2.17. The minimum absolute atomic E-state index is 0.178. The SMILES string of the molecule is BCc1nc2cnc(N)nc2n1CC(C)(C)C. The molecule has 2 aromatic rings. The van der Waals surface area contributed by atoms with Crippen LogP contribution in [0.3, 0.4) is 0 Å². The Morgan fingerprint density at radius 2 is 2.06 bits per heavy atom. The Labute approximate surface area is 102 Å². The fourth-order valence-electron chi connectivity index (χ4n) is 1.89. The minimum Gasteiger partial charge on any atom is -0.368 e. The number of nitrogen functional groups attached to an aromatic ring is 1. The van der Waals surface area contributed by atoms with Gasteiger partial charge in [0.25, 0.3) is 0 Å². The summed E-state index contributed by atoms with van der Waals surface area (Å²) in [6.07, 6.45) is 2.57. The maximum absolute atomic E-state index is 5.64. The van der Waals surface area contributed by atoms with Crippen molar-refractivity contribution in [3.8, 4) is 0 Å². The van der Waals surface area contributed by atoms with Crippen LogP contribution in [0.2, 0.25) is 0 Å². The van der Waals surface area contributed by atoms with Gasteiger partial charge in [-0.1, -0.05) is 20.8 Å². The number of hydrogen-bond acceptors (Lipinski definition) is 4. The third-order valence-corrected chi connectivity index (χ3v) is 2.53. The lowest BCUT2D eigenvalue weighted by Crippen LogP contribution is -2.18. The first-order valence-electron chi connectivity index (χ1n) is 5.88. The number of hydrogen-bond donors (Lipinski definition) is 1. The van der Waals surface area contributed by atoms with E-state index in [-0.39, 0.29) is 5.41 Å². The largest absolute Gasteiger partial charge is 0.368 e. The molecule has 0 saturated heterocycles. The molecule has 0 bridgehead atoms. The maximum atomic E-state index is 5.64. The van der Waals surface area contributed by atoms with Gasteiger partial charge in [0.15, 0.2) is 5.65 Å². The van der Waals surface area contributed by atoms with E-state index in [4.69, 9.17) is 5.73 Å². The predicted molar refractivity (Wildman–Crippen MR) is 71.4 cm³/mol. The molecule has 0 aliphatic rings. The van der Waals surface area contributed by atoms with Crippen LogP contribution in [0, 0.1) is 5.41 Å². The zero-order chi connectivity index (χ0) is 12.6. The number of nitrogens with zero attached hydrogens (tertiary/aromatic N) is 4. The van der Waals surface area contributed by atoms with Gasteiger partial charge in [0.05, 0.1) is 6.20 Å². The Morgan fingerprint density at radius 1 is 1.35 bits per heavy atom. The lowest BCUT2D eigenvalue weighted by molar-refractivity contribution is 0.343. The summed E-state index contributed by atoms with van der Waals surface area (Å²) in [5.74, 6) is 1.34. The molecule has 0 unspecified atom stereocenters. The number of nitrogens with two attached hydrogens (primary N) is 1. The lowest BCUT2D eigenvalue weighted by Gasteiger charge is -2.20. The van der Waals surface area contributed by atoms with E-state index in [1.807, 2.05) is 0 Å². The van der Waals surface area contributed by atoms with E-state index >= 15 is 0 Å². The third kappa shape index (κ3) is 2.40. The van der Waals surface area contributed by atoms with Gasteiger partial charge in [0.2, 0.25) is 5.95 Å². The van der Waals surface area contributed by atoms with Crippen molar-refractivity contribution in [3.05, 3.63) is 12.0 Å². The highest BCUT2D eigenvalue weighted by Crippen LogP contribution is 2.22. The summed E-state index contributed by atoms with van der Waals surface area (Å²) in [6.45, 7) is 7.47. The molecule has 0 amide bonds. The molecule has 0 saturated carbocycles. The van der Waals surface area contributed by atoms with Crippen LogP contribution in [0.25, 0.3) is 11.2 Å². The fourth-order valence-corrected chi connectivity index (χ4v) is 1.89. The average molecular weight is 231 g/mol. The molecular formula is C11H18BN5. The Kier molecular flexibility index (Phi) is 2.81. The molecule has 2 aromatic heterocycles. The normalized spacial score (nSPS) is 12.2. The molecular weight excluding hydrogens is 213 g/mol.